The monoisotopic (exact) mass is 334 g/mol. The van der Waals surface area contributed by atoms with Gasteiger partial charge < -0.3 is 20.1 Å². The van der Waals surface area contributed by atoms with Gasteiger partial charge in [-0.05, 0) is 23.6 Å². The molecule has 0 spiro atoms. The standard InChI is InChI=1S/C16H18N2O4S/c1-21-12-4-2-5-13(10-12)22-8-7-17-15(19)11-18-16(20)14-6-3-9-23-14/h2-6,9-10H,7-8,11H2,1H3,(H,17,19)(H,18,20). The molecule has 1 heterocycles. The molecule has 0 unspecified atom stereocenters. The molecule has 0 atom stereocenters. The Kier molecular flexibility index (Phi) is 6.43. The fourth-order valence-electron chi connectivity index (χ4n) is 1.77. The Hall–Kier alpha value is -2.54. The molecule has 7 heteroatoms. The van der Waals surface area contributed by atoms with Crippen LogP contribution < -0.4 is 20.1 Å². The summed E-state index contributed by atoms with van der Waals surface area (Å²) in [4.78, 5) is 23.9. The lowest BCUT2D eigenvalue weighted by Gasteiger charge is -2.09. The molecule has 23 heavy (non-hydrogen) atoms. The van der Waals surface area contributed by atoms with Gasteiger partial charge in [0.05, 0.1) is 25.1 Å². The molecular formula is C16H18N2O4S. The molecule has 2 aromatic rings. The Balaban J connectivity index is 1.62. The van der Waals surface area contributed by atoms with Gasteiger partial charge in [0.15, 0.2) is 0 Å². The van der Waals surface area contributed by atoms with Crippen molar-refractivity contribution in [2.75, 3.05) is 26.8 Å². The van der Waals surface area contributed by atoms with Crippen molar-refractivity contribution in [3.63, 3.8) is 0 Å². The summed E-state index contributed by atoms with van der Waals surface area (Å²) in [6, 6.07) is 10.7. The van der Waals surface area contributed by atoms with Crippen molar-refractivity contribution in [3.8, 4) is 11.5 Å². The van der Waals surface area contributed by atoms with Crippen molar-refractivity contribution in [1.29, 1.82) is 0 Å². The molecule has 0 saturated carbocycles. The molecule has 0 radical (unpaired) electrons. The molecular weight excluding hydrogens is 316 g/mol. The van der Waals surface area contributed by atoms with Crippen LogP contribution in [-0.2, 0) is 4.79 Å². The lowest BCUT2D eigenvalue weighted by Crippen LogP contribution is -2.38. The highest BCUT2D eigenvalue weighted by molar-refractivity contribution is 7.12. The van der Waals surface area contributed by atoms with E-state index in [4.69, 9.17) is 9.47 Å². The number of hydrogen-bond acceptors (Lipinski definition) is 5. The Labute approximate surface area is 138 Å². The number of nitrogens with one attached hydrogen (secondary N) is 2. The highest BCUT2D eigenvalue weighted by atomic mass is 32.1. The zero-order valence-electron chi connectivity index (χ0n) is 12.7. The SMILES string of the molecule is COc1cccc(OCCNC(=O)CNC(=O)c2cccs2)c1. The summed E-state index contributed by atoms with van der Waals surface area (Å²) >= 11 is 1.33. The van der Waals surface area contributed by atoms with Crippen molar-refractivity contribution in [2.24, 2.45) is 0 Å². The summed E-state index contributed by atoms with van der Waals surface area (Å²) in [5, 5.41) is 7.05. The highest BCUT2D eigenvalue weighted by Crippen LogP contribution is 2.18. The summed E-state index contributed by atoms with van der Waals surface area (Å²) in [6.45, 7) is 0.624. The van der Waals surface area contributed by atoms with Gasteiger partial charge >= 0.3 is 0 Å². The van der Waals surface area contributed by atoms with Crippen LogP contribution >= 0.6 is 11.3 Å². The largest absolute Gasteiger partial charge is 0.497 e. The molecule has 2 N–H and O–H groups in total. The minimum absolute atomic E-state index is 0.0596. The molecule has 0 aliphatic carbocycles. The molecule has 6 nitrogen and oxygen atoms in total. The van der Waals surface area contributed by atoms with Gasteiger partial charge in [-0.15, -0.1) is 11.3 Å². The molecule has 1 aromatic carbocycles. The van der Waals surface area contributed by atoms with Gasteiger partial charge in [-0.2, -0.15) is 0 Å². The second kappa shape index (κ2) is 8.79. The second-order valence-electron chi connectivity index (χ2n) is 4.54. The number of amides is 2. The first kappa shape index (κ1) is 16.8. The maximum absolute atomic E-state index is 11.7. The van der Waals surface area contributed by atoms with E-state index < -0.39 is 0 Å². The normalized spacial score (nSPS) is 9.96. The fourth-order valence-corrected chi connectivity index (χ4v) is 2.41. The van der Waals surface area contributed by atoms with Crippen molar-refractivity contribution < 1.29 is 19.1 Å². The minimum Gasteiger partial charge on any atom is -0.497 e. The van der Waals surface area contributed by atoms with Crippen LogP contribution in [0.5, 0.6) is 11.5 Å². The predicted octanol–water partition coefficient (Wildman–Crippen LogP) is 1.68. The molecule has 0 bridgehead atoms. The topological polar surface area (TPSA) is 76.7 Å². The summed E-state index contributed by atoms with van der Waals surface area (Å²) in [5.41, 5.74) is 0. The van der Waals surface area contributed by atoms with E-state index in [2.05, 4.69) is 10.6 Å². The number of carbonyl (C=O) groups is 2. The first-order chi connectivity index (χ1) is 11.2. The van der Waals surface area contributed by atoms with Gasteiger partial charge in [0.1, 0.15) is 18.1 Å². The van der Waals surface area contributed by atoms with E-state index in [1.54, 1.807) is 25.3 Å². The van der Waals surface area contributed by atoms with E-state index in [1.165, 1.54) is 11.3 Å². The fraction of sp³-hybridized carbons (Fsp3) is 0.250. The molecule has 2 rings (SSSR count). The highest BCUT2D eigenvalue weighted by Gasteiger charge is 2.08. The summed E-state index contributed by atoms with van der Waals surface area (Å²) in [7, 11) is 1.59. The summed E-state index contributed by atoms with van der Waals surface area (Å²) in [6.07, 6.45) is 0. The quantitative estimate of drug-likeness (QED) is 0.720. The van der Waals surface area contributed by atoms with E-state index in [9.17, 15) is 9.59 Å². The van der Waals surface area contributed by atoms with Crippen LogP contribution in [0.1, 0.15) is 9.67 Å². The predicted molar refractivity (Wildman–Crippen MR) is 88.2 cm³/mol. The van der Waals surface area contributed by atoms with Crippen LogP contribution in [0.3, 0.4) is 0 Å². The molecule has 0 aliphatic rings. The third-order valence-corrected chi connectivity index (χ3v) is 3.76. The Bertz CT molecular complexity index is 643. The van der Waals surface area contributed by atoms with Crippen LogP contribution in [0, 0.1) is 0 Å². The average molecular weight is 334 g/mol. The third-order valence-electron chi connectivity index (χ3n) is 2.89. The van der Waals surface area contributed by atoms with E-state index in [-0.39, 0.29) is 18.4 Å². The first-order valence-electron chi connectivity index (χ1n) is 7.04. The molecule has 0 saturated heterocycles. The van der Waals surface area contributed by atoms with Crippen LogP contribution in [0.25, 0.3) is 0 Å². The van der Waals surface area contributed by atoms with Crippen LogP contribution in [-0.4, -0.2) is 38.6 Å². The molecule has 0 aliphatic heterocycles. The smallest absolute Gasteiger partial charge is 0.261 e. The van der Waals surface area contributed by atoms with E-state index in [1.807, 2.05) is 23.6 Å². The summed E-state index contributed by atoms with van der Waals surface area (Å²) in [5.74, 6) is 0.874. The van der Waals surface area contributed by atoms with Gasteiger partial charge in [-0.3, -0.25) is 9.59 Å². The number of ether oxygens (including phenoxy) is 2. The zero-order chi connectivity index (χ0) is 16.5. The van der Waals surface area contributed by atoms with Crippen LogP contribution in [0.4, 0.5) is 0 Å². The van der Waals surface area contributed by atoms with Crippen molar-refractivity contribution in [1.82, 2.24) is 10.6 Å². The van der Waals surface area contributed by atoms with Gasteiger partial charge in [0.25, 0.3) is 5.91 Å². The number of rotatable bonds is 8. The Morgan fingerprint density at radius 3 is 2.70 bits per heavy atom. The molecule has 0 fully saturated rings. The second-order valence-corrected chi connectivity index (χ2v) is 5.49. The average Bonchev–Trinajstić information content (AvgIpc) is 3.11. The van der Waals surface area contributed by atoms with Crippen LogP contribution in [0.2, 0.25) is 0 Å². The number of thiophene rings is 1. The number of benzene rings is 1. The van der Waals surface area contributed by atoms with Gasteiger partial charge in [-0.25, -0.2) is 0 Å². The van der Waals surface area contributed by atoms with Crippen LogP contribution in [0.15, 0.2) is 41.8 Å². The van der Waals surface area contributed by atoms with E-state index >= 15 is 0 Å². The van der Waals surface area contributed by atoms with Crippen molar-refractivity contribution in [2.45, 2.75) is 0 Å². The number of hydrogen-bond donors (Lipinski definition) is 2. The molecule has 1 aromatic heterocycles. The Morgan fingerprint density at radius 1 is 1.13 bits per heavy atom. The van der Waals surface area contributed by atoms with Crippen molar-refractivity contribution >= 4 is 23.2 Å². The third kappa shape index (κ3) is 5.63. The lowest BCUT2D eigenvalue weighted by atomic mass is 10.3. The number of methoxy groups -OCH3 is 1. The van der Waals surface area contributed by atoms with Crippen molar-refractivity contribution in [3.05, 3.63) is 46.7 Å². The molecule has 2 amide bonds. The molecule has 122 valence electrons. The maximum atomic E-state index is 11.7. The van der Waals surface area contributed by atoms with Gasteiger partial charge in [-0.1, -0.05) is 12.1 Å². The van der Waals surface area contributed by atoms with E-state index in [0.717, 1.165) is 0 Å². The first-order valence-corrected chi connectivity index (χ1v) is 7.92. The minimum atomic E-state index is -0.260. The van der Waals surface area contributed by atoms with E-state index in [0.29, 0.717) is 29.5 Å². The number of carbonyl (C=O) groups excluding carboxylic acids is 2. The van der Waals surface area contributed by atoms with Gasteiger partial charge in [0, 0.05) is 6.07 Å². The lowest BCUT2D eigenvalue weighted by molar-refractivity contribution is -0.120. The zero-order valence-corrected chi connectivity index (χ0v) is 13.5. The summed E-state index contributed by atoms with van der Waals surface area (Å²) < 4.78 is 10.6. The Morgan fingerprint density at radius 2 is 1.96 bits per heavy atom. The van der Waals surface area contributed by atoms with Gasteiger partial charge in [0.2, 0.25) is 5.91 Å². The maximum Gasteiger partial charge on any atom is 0.261 e.